The topological polar surface area (TPSA) is 58.2 Å². The van der Waals surface area contributed by atoms with Crippen molar-refractivity contribution < 1.29 is 9.59 Å². The lowest BCUT2D eigenvalue weighted by molar-refractivity contribution is -0.131. The number of amides is 2. The minimum absolute atomic E-state index is 0.260. The van der Waals surface area contributed by atoms with E-state index in [4.69, 9.17) is 0 Å². The maximum atomic E-state index is 11.9. The van der Waals surface area contributed by atoms with Crippen LogP contribution in [0.15, 0.2) is 30.3 Å². The molecule has 0 aromatic heterocycles. The van der Waals surface area contributed by atoms with Gasteiger partial charge < -0.3 is 10.6 Å². The van der Waals surface area contributed by atoms with Crippen LogP contribution in [0.2, 0.25) is 0 Å². The zero-order chi connectivity index (χ0) is 12.7. The van der Waals surface area contributed by atoms with Crippen LogP contribution >= 0.6 is 0 Å². The third-order valence-electron chi connectivity index (χ3n) is 2.36. The van der Waals surface area contributed by atoms with Gasteiger partial charge >= 0.3 is 0 Å². The lowest BCUT2D eigenvalue weighted by Gasteiger charge is -2.15. The number of carbonyl (C=O) groups is 2. The first kappa shape index (κ1) is 13.2. The number of hydrogen-bond acceptors (Lipinski definition) is 2. The highest BCUT2D eigenvalue weighted by atomic mass is 16.2. The number of nitrogens with one attached hydrogen (secondary N) is 2. The third-order valence-corrected chi connectivity index (χ3v) is 2.36. The van der Waals surface area contributed by atoms with Gasteiger partial charge in [-0.1, -0.05) is 30.3 Å². The van der Waals surface area contributed by atoms with Crippen LogP contribution in [0.5, 0.6) is 0 Å². The van der Waals surface area contributed by atoms with Crippen molar-refractivity contribution in [3.05, 3.63) is 35.9 Å². The van der Waals surface area contributed by atoms with E-state index in [1.54, 1.807) is 12.1 Å². The summed E-state index contributed by atoms with van der Waals surface area (Å²) in [7, 11) is 0. The van der Waals surface area contributed by atoms with Gasteiger partial charge in [-0.2, -0.15) is 0 Å². The highest BCUT2D eigenvalue weighted by Crippen LogP contribution is 2.15. The Bertz CT molecular complexity index is 358. The molecule has 1 aromatic rings. The molecule has 0 saturated carbocycles. The molecule has 0 atom stereocenters. The molecule has 0 radical (unpaired) electrons. The fourth-order valence-corrected chi connectivity index (χ4v) is 1.62. The minimum atomic E-state index is -0.768. The molecule has 0 spiro atoms. The Morgan fingerprint density at radius 1 is 1.00 bits per heavy atom. The average molecular weight is 234 g/mol. The number of hydrogen-bond donors (Lipinski definition) is 2. The summed E-state index contributed by atoms with van der Waals surface area (Å²) < 4.78 is 0. The van der Waals surface area contributed by atoms with E-state index < -0.39 is 5.92 Å². The average Bonchev–Trinajstić information content (AvgIpc) is 2.31. The SMILES string of the molecule is CCNC(=O)C(C(=O)NCC)c1ccccc1. The second-order valence-electron chi connectivity index (χ2n) is 3.63. The van der Waals surface area contributed by atoms with Crippen LogP contribution in [0, 0.1) is 0 Å². The molecule has 0 fully saturated rings. The van der Waals surface area contributed by atoms with Crippen LogP contribution in [-0.4, -0.2) is 24.9 Å². The van der Waals surface area contributed by atoms with E-state index in [1.165, 1.54) is 0 Å². The van der Waals surface area contributed by atoms with Gasteiger partial charge in [0.2, 0.25) is 11.8 Å². The van der Waals surface area contributed by atoms with Crippen molar-refractivity contribution in [3.8, 4) is 0 Å². The molecule has 4 heteroatoms. The molecule has 0 aliphatic carbocycles. The summed E-state index contributed by atoms with van der Waals surface area (Å²) in [4.78, 5) is 23.8. The molecule has 0 aliphatic rings. The highest BCUT2D eigenvalue weighted by Gasteiger charge is 2.27. The third kappa shape index (κ3) is 3.59. The van der Waals surface area contributed by atoms with Crippen molar-refractivity contribution in [2.24, 2.45) is 0 Å². The predicted octanol–water partition coefficient (Wildman–Crippen LogP) is 1.04. The van der Waals surface area contributed by atoms with E-state index in [2.05, 4.69) is 10.6 Å². The van der Waals surface area contributed by atoms with Gasteiger partial charge in [-0.3, -0.25) is 9.59 Å². The molecule has 1 aromatic carbocycles. The predicted molar refractivity (Wildman–Crippen MR) is 66.6 cm³/mol. The van der Waals surface area contributed by atoms with Gasteiger partial charge in [0.05, 0.1) is 0 Å². The molecule has 2 amide bonds. The Balaban J connectivity index is 2.94. The summed E-state index contributed by atoms with van der Waals surface area (Å²) in [5.41, 5.74) is 0.712. The van der Waals surface area contributed by atoms with E-state index in [9.17, 15) is 9.59 Å². The van der Waals surface area contributed by atoms with Crippen molar-refractivity contribution in [1.29, 1.82) is 0 Å². The Morgan fingerprint density at radius 2 is 1.47 bits per heavy atom. The van der Waals surface area contributed by atoms with Gasteiger partial charge in [-0.15, -0.1) is 0 Å². The Morgan fingerprint density at radius 3 is 1.88 bits per heavy atom. The maximum Gasteiger partial charge on any atom is 0.237 e. The molecule has 0 heterocycles. The van der Waals surface area contributed by atoms with Crippen LogP contribution in [0.25, 0.3) is 0 Å². The molecule has 4 nitrogen and oxygen atoms in total. The molecule has 0 bridgehead atoms. The summed E-state index contributed by atoms with van der Waals surface area (Å²) in [6.45, 7) is 4.69. The summed E-state index contributed by atoms with van der Waals surface area (Å²) >= 11 is 0. The second-order valence-corrected chi connectivity index (χ2v) is 3.63. The number of benzene rings is 1. The molecule has 0 aliphatic heterocycles. The van der Waals surface area contributed by atoms with Gasteiger partial charge in [0.1, 0.15) is 5.92 Å². The van der Waals surface area contributed by atoms with E-state index >= 15 is 0 Å². The van der Waals surface area contributed by atoms with E-state index in [-0.39, 0.29) is 11.8 Å². The largest absolute Gasteiger partial charge is 0.355 e. The quantitative estimate of drug-likeness (QED) is 0.748. The van der Waals surface area contributed by atoms with Crippen LogP contribution in [0.4, 0.5) is 0 Å². The summed E-state index contributed by atoms with van der Waals surface area (Å²) in [6.07, 6.45) is 0. The van der Waals surface area contributed by atoms with Crippen molar-refractivity contribution in [2.75, 3.05) is 13.1 Å². The van der Waals surface area contributed by atoms with E-state index in [0.29, 0.717) is 18.7 Å². The van der Waals surface area contributed by atoms with Gasteiger partial charge in [0, 0.05) is 13.1 Å². The Hall–Kier alpha value is -1.84. The van der Waals surface area contributed by atoms with Crippen molar-refractivity contribution in [2.45, 2.75) is 19.8 Å². The minimum Gasteiger partial charge on any atom is -0.355 e. The highest BCUT2D eigenvalue weighted by molar-refractivity contribution is 6.05. The van der Waals surface area contributed by atoms with Crippen LogP contribution in [-0.2, 0) is 9.59 Å². The normalized spacial score (nSPS) is 10.1. The first-order valence-electron chi connectivity index (χ1n) is 5.81. The van der Waals surface area contributed by atoms with Gasteiger partial charge in [-0.05, 0) is 19.4 Å². The van der Waals surface area contributed by atoms with Crippen LogP contribution < -0.4 is 10.6 Å². The standard InChI is InChI=1S/C13H18N2O2/c1-3-14-12(16)11(13(17)15-4-2)10-8-6-5-7-9-10/h5-9,11H,3-4H2,1-2H3,(H,14,16)(H,15,17). The zero-order valence-corrected chi connectivity index (χ0v) is 10.2. The smallest absolute Gasteiger partial charge is 0.237 e. The molecule has 1 rings (SSSR count). The zero-order valence-electron chi connectivity index (χ0n) is 10.2. The summed E-state index contributed by atoms with van der Waals surface area (Å²) in [5, 5.41) is 5.37. The van der Waals surface area contributed by atoms with Gasteiger partial charge in [0.15, 0.2) is 0 Å². The fourth-order valence-electron chi connectivity index (χ4n) is 1.62. The first-order chi connectivity index (χ1) is 8.20. The molecule has 2 N–H and O–H groups in total. The second kappa shape index (κ2) is 6.68. The molecule has 0 unspecified atom stereocenters. The number of rotatable bonds is 5. The molecule has 92 valence electrons. The summed E-state index contributed by atoms with van der Waals surface area (Å²) in [6, 6.07) is 9.07. The van der Waals surface area contributed by atoms with Crippen molar-refractivity contribution in [1.82, 2.24) is 10.6 Å². The lowest BCUT2D eigenvalue weighted by Crippen LogP contribution is -2.39. The van der Waals surface area contributed by atoms with Crippen molar-refractivity contribution >= 4 is 11.8 Å². The Labute approximate surface area is 101 Å². The van der Waals surface area contributed by atoms with Crippen molar-refractivity contribution in [3.63, 3.8) is 0 Å². The monoisotopic (exact) mass is 234 g/mol. The molecule has 17 heavy (non-hydrogen) atoms. The number of carbonyl (C=O) groups excluding carboxylic acids is 2. The van der Waals surface area contributed by atoms with E-state index in [0.717, 1.165) is 0 Å². The molecular formula is C13H18N2O2. The van der Waals surface area contributed by atoms with E-state index in [1.807, 2.05) is 32.0 Å². The van der Waals surface area contributed by atoms with Crippen LogP contribution in [0.1, 0.15) is 25.3 Å². The number of likely N-dealkylation sites (N-methyl/N-ethyl adjacent to an activating group) is 2. The van der Waals surface area contributed by atoms with Gasteiger partial charge in [0.25, 0.3) is 0 Å². The Kier molecular flexibility index (Phi) is 5.20. The summed E-state index contributed by atoms with van der Waals surface area (Å²) in [5.74, 6) is -1.29. The molecule has 0 saturated heterocycles. The van der Waals surface area contributed by atoms with Gasteiger partial charge in [-0.25, -0.2) is 0 Å². The van der Waals surface area contributed by atoms with Crippen LogP contribution in [0.3, 0.4) is 0 Å². The fraction of sp³-hybridized carbons (Fsp3) is 0.385. The maximum absolute atomic E-state index is 11.9. The first-order valence-corrected chi connectivity index (χ1v) is 5.81. The molecular weight excluding hydrogens is 216 g/mol. The lowest BCUT2D eigenvalue weighted by atomic mass is 9.97.